The molecule has 2 rings (SSSR count). The molecule has 0 aliphatic carbocycles. The van der Waals surface area contributed by atoms with Gasteiger partial charge in [0.05, 0.1) is 11.8 Å². The van der Waals surface area contributed by atoms with Gasteiger partial charge in [0, 0.05) is 11.8 Å². The van der Waals surface area contributed by atoms with Crippen molar-refractivity contribution in [1.29, 1.82) is 0 Å². The van der Waals surface area contributed by atoms with Crippen LogP contribution in [0.3, 0.4) is 0 Å². The van der Waals surface area contributed by atoms with E-state index in [2.05, 4.69) is 15.5 Å². The highest BCUT2D eigenvalue weighted by Crippen LogP contribution is 2.13. The molecule has 0 unspecified atom stereocenters. The molecule has 0 saturated carbocycles. The molecule has 0 atom stereocenters. The third-order valence-electron chi connectivity index (χ3n) is 2.59. The Labute approximate surface area is 125 Å². The van der Waals surface area contributed by atoms with Gasteiger partial charge >= 0.3 is 5.97 Å². The summed E-state index contributed by atoms with van der Waals surface area (Å²) in [7, 11) is -4.34. The van der Waals surface area contributed by atoms with Crippen molar-refractivity contribution in [2.45, 2.75) is 4.90 Å². The zero-order valence-electron chi connectivity index (χ0n) is 11.0. The highest BCUT2D eigenvalue weighted by atomic mass is 32.2. The number of nitrogens with zero attached hydrogens (tertiary/aromatic N) is 2. The minimum Gasteiger partial charge on any atom is -0.478 e. The van der Waals surface area contributed by atoms with Crippen LogP contribution in [0.5, 0.6) is 0 Å². The van der Waals surface area contributed by atoms with Gasteiger partial charge in [0.1, 0.15) is 10.7 Å². The van der Waals surface area contributed by atoms with Crippen LogP contribution in [0.4, 0.5) is 5.82 Å². The van der Waals surface area contributed by atoms with Crippen LogP contribution in [0.1, 0.15) is 15.9 Å². The molecule has 1 aromatic carbocycles. The van der Waals surface area contributed by atoms with Crippen molar-refractivity contribution in [1.82, 2.24) is 4.98 Å². The van der Waals surface area contributed by atoms with Gasteiger partial charge in [0.25, 0.3) is 10.1 Å². The minimum absolute atomic E-state index is 0.0336. The molecule has 0 aliphatic heterocycles. The fourth-order valence-electron chi connectivity index (χ4n) is 1.58. The van der Waals surface area contributed by atoms with Gasteiger partial charge in [-0.05, 0) is 18.2 Å². The van der Waals surface area contributed by atoms with E-state index < -0.39 is 16.1 Å². The standard InChI is InChI=1S/C13H11N3O5S/c17-13(18)10-5-6-12(14-7-10)16-15-8-9-3-1-2-4-11(9)22(19,20)21/h1-8H,(H,14,16)(H,17,18)(H,19,20,21). The number of carboxylic acids is 1. The van der Waals surface area contributed by atoms with E-state index in [1.54, 1.807) is 6.07 Å². The summed E-state index contributed by atoms with van der Waals surface area (Å²) in [5.41, 5.74) is 2.75. The van der Waals surface area contributed by atoms with Gasteiger partial charge in [-0.2, -0.15) is 13.5 Å². The number of hydrogen-bond acceptors (Lipinski definition) is 6. The number of anilines is 1. The summed E-state index contributed by atoms with van der Waals surface area (Å²) in [5.74, 6) is -0.810. The van der Waals surface area contributed by atoms with E-state index in [1.807, 2.05) is 0 Å². The molecule has 0 spiro atoms. The highest BCUT2D eigenvalue weighted by molar-refractivity contribution is 7.86. The molecule has 0 fully saturated rings. The summed E-state index contributed by atoms with van der Waals surface area (Å²) < 4.78 is 31.5. The van der Waals surface area contributed by atoms with Crippen LogP contribution in [0.25, 0.3) is 0 Å². The topological polar surface area (TPSA) is 129 Å². The second kappa shape index (κ2) is 6.33. The molecule has 114 valence electrons. The van der Waals surface area contributed by atoms with Gasteiger partial charge in [-0.15, -0.1) is 0 Å². The average Bonchev–Trinajstić information content (AvgIpc) is 2.47. The average molecular weight is 321 g/mol. The number of pyridine rings is 1. The predicted octanol–water partition coefficient (Wildman–Crippen LogP) is 1.47. The van der Waals surface area contributed by atoms with E-state index in [-0.39, 0.29) is 21.8 Å². The monoisotopic (exact) mass is 321 g/mol. The Hall–Kier alpha value is -2.78. The third-order valence-corrected chi connectivity index (χ3v) is 3.52. The maximum Gasteiger partial charge on any atom is 0.337 e. The second-order valence-electron chi connectivity index (χ2n) is 4.12. The zero-order valence-corrected chi connectivity index (χ0v) is 11.9. The predicted molar refractivity (Wildman–Crippen MR) is 78.7 cm³/mol. The summed E-state index contributed by atoms with van der Waals surface area (Å²) in [4.78, 5) is 14.2. The number of carbonyl (C=O) groups is 1. The third kappa shape index (κ3) is 3.87. The number of carboxylic acid groups (broad SMARTS) is 1. The number of benzene rings is 1. The Morgan fingerprint density at radius 1 is 1.23 bits per heavy atom. The summed E-state index contributed by atoms with van der Waals surface area (Å²) >= 11 is 0. The maximum atomic E-state index is 11.2. The first-order valence-corrected chi connectivity index (χ1v) is 7.37. The molecule has 22 heavy (non-hydrogen) atoms. The van der Waals surface area contributed by atoms with Gasteiger partial charge < -0.3 is 5.11 Å². The fourth-order valence-corrected chi connectivity index (χ4v) is 2.25. The molecule has 1 aromatic heterocycles. The number of rotatable bonds is 5. The molecular weight excluding hydrogens is 310 g/mol. The van der Waals surface area contributed by atoms with E-state index in [0.29, 0.717) is 0 Å². The van der Waals surface area contributed by atoms with Crippen molar-refractivity contribution < 1.29 is 22.9 Å². The minimum atomic E-state index is -4.34. The smallest absolute Gasteiger partial charge is 0.337 e. The van der Waals surface area contributed by atoms with Crippen molar-refractivity contribution in [2.75, 3.05) is 5.43 Å². The molecular formula is C13H11N3O5S. The molecule has 0 aliphatic rings. The Kier molecular flexibility index (Phi) is 4.49. The van der Waals surface area contributed by atoms with Crippen molar-refractivity contribution >= 4 is 28.1 Å². The Morgan fingerprint density at radius 2 is 1.95 bits per heavy atom. The van der Waals surface area contributed by atoms with Crippen LogP contribution < -0.4 is 5.43 Å². The number of aromatic carboxylic acids is 1. The number of hydrazone groups is 1. The molecule has 9 heteroatoms. The van der Waals surface area contributed by atoms with Crippen LogP contribution >= 0.6 is 0 Å². The number of aromatic nitrogens is 1. The molecule has 1 heterocycles. The first kappa shape index (κ1) is 15.6. The molecule has 0 saturated heterocycles. The van der Waals surface area contributed by atoms with Gasteiger partial charge in [-0.1, -0.05) is 18.2 Å². The normalized spacial score (nSPS) is 11.5. The molecule has 0 radical (unpaired) electrons. The summed E-state index contributed by atoms with van der Waals surface area (Å²) in [6.07, 6.45) is 2.36. The van der Waals surface area contributed by atoms with E-state index in [1.165, 1.54) is 36.5 Å². The lowest BCUT2D eigenvalue weighted by atomic mass is 10.2. The first-order valence-electron chi connectivity index (χ1n) is 5.93. The van der Waals surface area contributed by atoms with Crippen molar-refractivity contribution in [3.8, 4) is 0 Å². The van der Waals surface area contributed by atoms with Gasteiger partial charge in [-0.3, -0.25) is 9.98 Å². The second-order valence-corrected chi connectivity index (χ2v) is 5.51. The Balaban J connectivity index is 2.15. The van der Waals surface area contributed by atoms with Crippen molar-refractivity contribution in [3.63, 3.8) is 0 Å². The maximum absolute atomic E-state index is 11.2. The SMILES string of the molecule is O=C(O)c1ccc(NN=Cc2ccccc2S(=O)(=O)O)nc1. The van der Waals surface area contributed by atoms with Gasteiger partial charge in [0.15, 0.2) is 0 Å². The highest BCUT2D eigenvalue weighted by Gasteiger charge is 2.12. The van der Waals surface area contributed by atoms with Crippen molar-refractivity contribution in [2.24, 2.45) is 5.10 Å². The molecule has 0 amide bonds. The van der Waals surface area contributed by atoms with Crippen molar-refractivity contribution in [3.05, 3.63) is 53.7 Å². The summed E-state index contributed by atoms with van der Waals surface area (Å²) in [5, 5.41) is 12.5. The van der Waals surface area contributed by atoms with E-state index in [0.717, 1.165) is 6.20 Å². The van der Waals surface area contributed by atoms with E-state index in [9.17, 15) is 13.2 Å². The summed E-state index contributed by atoms with van der Waals surface area (Å²) in [6, 6.07) is 8.54. The lowest BCUT2D eigenvalue weighted by molar-refractivity contribution is 0.0696. The molecule has 3 N–H and O–H groups in total. The first-order chi connectivity index (χ1) is 10.4. The summed E-state index contributed by atoms with van der Waals surface area (Å²) in [6.45, 7) is 0. The van der Waals surface area contributed by atoms with Crippen LogP contribution in [-0.4, -0.2) is 35.2 Å². The van der Waals surface area contributed by atoms with E-state index in [4.69, 9.17) is 9.66 Å². The van der Waals surface area contributed by atoms with Crippen LogP contribution in [0.2, 0.25) is 0 Å². The largest absolute Gasteiger partial charge is 0.478 e. The molecule has 2 aromatic rings. The van der Waals surface area contributed by atoms with Gasteiger partial charge in [-0.25, -0.2) is 9.78 Å². The lowest BCUT2D eigenvalue weighted by Gasteiger charge is -2.02. The number of nitrogens with one attached hydrogen (secondary N) is 1. The van der Waals surface area contributed by atoms with Crippen LogP contribution in [0.15, 0.2) is 52.6 Å². The van der Waals surface area contributed by atoms with Crippen LogP contribution in [0, 0.1) is 0 Å². The molecule has 0 bridgehead atoms. The molecule has 8 nitrogen and oxygen atoms in total. The number of hydrogen-bond donors (Lipinski definition) is 3. The Morgan fingerprint density at radius 3 is 2.55 bits per heavy atom. The quantitative estimate of drug-likeness (QED) is 0.432. The fraction of sp³-hybridized carbons (Fsp3) is 0. The van der Waals surface area contributed by atoms with Crippen LogP contribution in [-0.2, 0) is 10.1 Å². The van der Waals surface area contributed by atoms with Gasteiger partial charge in [0.2, 0.25) is 0 Å². The Bertz CT molecular complexity index is 816. The lowest BCUT2D eigenvalue weighted by Crippen LogP contribution is -2.03. The zero-order chi connectivity index (χ0) is 16.2. The van der Waals surface area contributed by atoms with E-state index >= 15 is 0 Å².